The first-order valence-electron chi connectivity index (χ1n) is 5.75. The van der Waals surface area contributed by atoms with E-state index in [2.05, 4.69) is 6.58 Å². The standard InChI is InChI=1S/C15H14O2S/c1-3-7-14(18-4-2)12-10-11-8-5-6-9-13(11)17-15(12)16/h3,5-10H,1,4H2,2H3/b14-7-. The number of para-hydroxylation sites is 1. The molecule has 0 unspecified atom stereocenters. The first-order chi connectivity index (χ1) is 8.76. The molecule has 2 nitrogen and oxygen atoms in total. The van der Waals surface area contributed by atoms with Crippen molar-refractivity contribution >= 4 is 27.6 Å². The van der Waals surface area contributed by atoms with Crippen LogP contribution in [0.3, 0.4) is 0 Å². The van der Waals surface area contributed by atoms with Crippen LogP contribution in [0.4, 0.5) is 0 Å². The Bertz CT molecular complexity index is 653. The quantitative estimate of drug-likeness (QED) is 0.611. The van der Waals surface area contributed by atoms with Crippen LogP contribution in [0.5, 0.6) is 0 Å². The van der Waals surface area contributed by atoms with Gasteiger partial charge in [0.05, 0.1) is 5.56 Å². The maximum atomic E-state index is 12.0. The lowest BCUT2D eigenvalue weighted by Gasteiger charge is -2.05. The Balaban J connectivity index is 2.62. The Morgan fingerprint density at radius 1 is 1.44 bits per heavy atom. The highest BCUT2D eigenvalue weighted by molar-refractivity contribution is 8.08. The predicted molar refractivity (Wildman–Crippen MR) is 78.8 cm³/mol. The third-order valence-corrected chi connectivity index (χ3v) is 3.43. The molecule has 0 spiro atoms. The molecule has 1 heterocycles. The predicted octanol–water partition coefficient (Wildman–Crippen LogP) is 4.07. The van der Waals surface area contributed by atoms with E-state index in [-0.39, 0.29) is 5.63 Å². The number of thioether (sulfide) groups is 1. The Kier molecular flexibility index (Phi) is 4.05. The Labute approximate surface area is 110 Å². The van der Waals surface area contributed by atoms with Crippen LogP contribution in [0.25, 0.3) is 15.9 Å². The maximum Gasteiger partial charge on any atom is 0.344 e. The fourth-order valence-electron chi connectivity index (χ4n) is 1.71. The van der Waals surface area contributed by atoms with Crippen LogP contribution in [0.15, 0.2) is 58.3 Å². The molecule has 1 aromatic carbocycles. The fraction of sp³-hybridized carbons (Fsp3) is 0.133. The van der Waals surface area contributed by atoms with Crippen molar-refractivity contribution in [2.75, 3.05) is 5.75 Å². The minimum absolute atomic E-state index is 0.303. The van der Waals surface area contributed by atoms with Crippen LogP contribution in [0.2, 0.25) is 0 Å². The largest absolute Gasteiger partial charge is 0.422 e. The summed E-state index contributed by atoms with van der Waals surface area (Å²) in [6, 6.07) is 9.38. The molecule has 0 N–H and O–H groups in total. The molecule has 3 heteroatoms. The molecule has 2 rings (SSSR count). The van der Waals surface area contributed by atoms with Crippen LogP contribution in [0.1, 0.15) is 12.5 Å². The number of fused-ring (bicyclic) bond motifs is 1. The van der Waals surface area contributed by atoms with Crippen molar-refractivity contribution in [3.8, 4) is 0 Å². The zero-order valence-electron chi connectivity index (χ0n) is 10.2. The zero-order valence-corrected chi connectivity index (χ0v) is 11.0. The second kappa shape index (κ2) is 5.74. The third-order valence-electron chi connectivity index (χ3n) is 2.48. The molecule has 0 fully saturated rings. The molecule has 0 saturated heterocycles. The lowest BCUT2D eigenvalue weighted by molar-refractivity contribution is 0.559. The summed E-state index contributed by atoms with van der Waals surface area (Å²) in [4.78, 5) is 12.9. The van der Waals surface area contributed by atoms with Gasteiger partial charge in [-0.15, -0.1) is 11.8 Å². The Hall–Kier alpha value is -1.74. The Morgan fingerprint density at radius 3 is 2.94 bits per heavy atom. The molecule has 1 aromatic heterocycles. The van der Waals surface area contributed by atoms with E-state index in [9.17, 15) is 4.79 Å². The molecule has 0 amide bonds. The molecule has 18 heavy (non-hydrogen) atoms. The van der Waals surface area contributed by atoms with E-state index in [0.717, 1.165) is 16.0 Å². The van der Waals surface area contributed by atoms with E-state index < -0.39 is 0 Å². The summed E-state index contributed by atoms with van der Waals surface area (Å²) < 4.78 is 5.32. The third kappa shape index (κ3) is 2.57. The van der Waals surface area contributed by atoms with Crippen molar-refractivity contribution in [2.24, 2.45) is 0 Å². The van der Waals surface area contributed by atoms with E-state index in [1.54, 1.807) is 23.9 Å². The minimum Gasteiger partial charge on any atom is -0.422 e. The molecule has 0 bridgehead atoms. The lowest BCUT2D eigenvalue weighted by atomic mass is 10.2. The minimum atomic E-state index is -0.303. The number of benzene rings is 1. The van der Waals surface area contributed by atoms with Gasteiger partial charge in [-0.1, -0.05) is 37.8 Å². The average Bonchev–Trinajstić information content (AvgIpc) is 2.38. The van der Waals surface area contributed by atoms with Gasteiger partial charge in [-0.2, -0.15) is 0 Å². The lowest BCUT2D eigenvalue weighted by Crippen LogP contribution is -2.05. The number of hydrogen-bond donors (Lipinski definition) is 0. The van der Waals surface area contributed by atoms with Gasteiger partial charge in [0, 0.05) is 10.3 Å². The first kappa shape index (κ1) is 12.7. The summed E-state index contributed by atoms with van der Waals surface area (Å²) in [6.45, 7) is 5.72. The van der Waals surface area contributed by atoms with E-state index >= 15 is 0 Å². The second-order valence-corrected chi connectivity index (χ2v) is 4.99. The second-order valence-electron chi connectivity index (χ2n) is 3.68. The van der Waals surface area contributed by atoms with Crippen molar-refractivity contribution in [3.05, 3.63) is 65.0 Å². The molecule has 0 aliphatic heterocycles. The van der Waals surface area contributed by atoms with Crippen LogP contribution in [0, 0.1) is 0 Å². The van der Waals surface area contributed by atoms with Gasteiger partial charge < -0.3 is 4.42 Å². The van der Waals surface area contributed by atoms with Crippen molar-refractivity contribution in [1.82, 2.24) is 0 Å². The monoisotopic (exact) mass is 258 g/mol. The van der Waals surface area contributed by atoms with E-state index in [1.165, 1.54) is 0 Å². The van der Waals surface area contributed by atoms with Gasteiger partial charge in [-0.25, -0.2) is 4.79 Å². The summed E-state index contributed by atoms with van der Waals surface area (Å²) in [5.41, 5.74) is 0.911. The molecule has 0 atom stereocenters. The first-order valence-corrected chi connectivity index (χ1v) is 6.73. The molecule has 0 saturated carbocycles. The number of rotatable bonds is 4. The molecule has 92 valence electrons. The summed E-state index contributed by atoms with van der Waals surface area (Å²) in [6.07, 6.45) is 3.53. The molecular weight excluding hydrogens is 244 g/mol. The van der Waals surface area contributed by atoms with Crippen molar-refractivity contribution in [1.29, 1.82) is 0 Å². The number of allylic oxidation sites excluding steroid dienone is 2. The van der Waals surface area contributed by atoms with Crippen LogP contribution < -0.4 is 5.63 Å². The normalized spacial score (nSPS) is 11.7. The zero-order chi connectivity index (χ0) is 13.0. The van der Waals surface area contributed by atoms with Gasteiger partial charge in [-0.3, -0.25) is 0 Å². The molecule has 0 aliphatic rings. The van der Waals surface area contributed by atoms with Gasteiger partial charge in [0.2, 0.25) is 0 Å². The summed E-state index contributed by atoms with van der Waals surface area (Å²) in [7, 11) is 0. The topological polar surface area (TPSA) is 30.2 Å². The molecule has 2 aromatic rings. The maximum absolute atomic E-state index is 12.0. The highest BCUT2D eigenvalue weighted by Gasteiger charge is 2.09. The van der Waals surface area contributed by atoms with Gasteiger partial charge in [0.15, 0.2) is 0 Å². The Morgan fingerprint density at radius 2 is 2.22 bits per heavy atom. The van der Waals surface area contributed by atoms with Crippen molar-refractivity contribution < 1.29 is 4.42 Å². The number of hydrogen-bond acceptors (Lipinski definition) is 3. The fourth-order valence-corrected chi connectivity index (χ4v) is 2.51. The van der Waals surface area contributed by atoms with E-state index in [0.29, 0.717) is 11.1 Å². The summed E-state index contributed by atoms with van der Waals surface area (Å²) >= 11 is 1.61. The highest BCUT2D eigenvalue weighted by atomic mass is 32.2. The van der Waals surface area contributed by atoms with Gasteiger partial charge >= 0.3 is 5.63 Å². The van der Waals surface area contributed by atoms with Crippen LogP contribution in [-0.4, -0.2) is 5.75 Å². The molecule has 0 aliphatic carbocycles. The molecule has 0 radical (unpaired) electrons. The van der Waals surface area contributed by atoms with E-state index in [1.807, 2.05) is 37.3 Å². The van der Waals surface area contributed by atoms with Crippen LogP contribution >= 0.6 is 11.8 Å². The van der Waals surface area contributed by atoms with Gasteiger partial charge in [-0.05, 0) is 24.0 Å². The van der Waals surface area contributed by atoms with Gasteiger partial charge in [0.25, 0.3) is 0 Å². The highest BCUT2D eigenvalue weighted by Crippen LogP contribution is 2.27. The summed E-state index contributed by atoms with van der Waals surface area (Å²) in [5, 5.41) is 0.929. The average molecular weight is 258 g/mol. The van der Waals surface area contributed by atoms with Gasteiger partial charge in [0.1, 0.15) is 5.58 Å². The van der Waals surface area contributed by atoms with Crippen LogP contribution in [-0.2, 0) is 0 Å². The van der Waals surface area contributed by atoms with E-state index in [4.69, 9.17) is 4.42 Å². The smallest absolute Gasteiger partial charge is 0.344 e. The van der Waals surface area contributed by atoms with Crippen molar-refractivity contribution in [2.45, 2.75) is 6.92 Å². The summed E-state index contributed by atoms with van der Waals surface area (Å²) in [5.74, 6) is 0.895. The SMILES string of the molecule is C=C/C=C(\SCC)c1cc2ccccc2oc1=O. The molecular formula is C15H14O2S. The van der Waals surface area contributed by atoms with Crippen molar-refractivity contribution in [3.63, 3.8) is 0 Å².